The molecule has 1 aromatic rings. The summed E-state index contributed by atoms with van der Waals surface area (Å²) in [6.07, 6.45) is 3.73. The molecule has 138 valence electrons. The number of hydrogen-bond donors (Lipinski definition) is 2. The van der Waals surface area contributed by atoms with Crippen molar-refractivity contribution in [1.82, 2.24) is 4.72 Å². The van der Waals surface area contributed by atoms with E-state index < -0.39 is 16.1 Å². The molecule has 0 spiro atoms. The first-order valence-electron chi connectivity index (χ1n) is 8.72. The fraction of sp³-hybridized carbons (Fsp3) is 0.588. The maximum atomic E-state index is 12.4. The van der Waals surface area contributed by atoms with Crippen molar-refractivity contribution >= 4 is 21.6 Å². The summed E-state index contributed by atoms with van der Waals surface area (Å²) in [5.41, 5.74) is 0.387. The minimum absolute atomic E-state index is 0.0743. The molecule has 2 heterocycles. The molecular formula is C17H24N2O5S. The third-order valence-electron chi connectivity index (χ3n) is 4.43. The van der Waals surface area contributed by atoms with Crippen LogP contribution in [0.1, 0.15) is 39.0 Å². The molecule has 8 heteroatoms. The topological polar surface area (TPSA) is 93.7 Å². The molecule has 2 N–H and O–H groups in total. The average molecular weight is 368 g/mol. The van der Waals surface area contributed by atoms with E-state index in [1.54, 1.807) is 6.07 Å². The van der Waals surface area contributed by atoms with Crippen LogP contribution in [-0.4, -0.2) is 39.7 Å². The van der Waals surface area contributed by atoms with Crippen molar-refractivity contribution in [3.8, 4) is 5.75 Å². The highest BCUT2D eigenvalue weighted by Gasteiger charge is 2.28. The number of sulfonamides is 1. The second kappa shape index (κ2) is 7.72. The molecule has 2 aliphatic heterocycles. The summed E-state index contributed by atoms with van der Waals surface area (Å²) in [6.45, 7) is 2.98. The number of nitrogens with one attached hydrogen (secondary N) is 2. The largest absolute Gasteiger partial charge is 0.478 e. The molecule has 0 aromatic heterocycles. The number of ether oxygens (including phenoxy) is 2. The zero-order chi connectivity index (χ0) is 17.9. The minimum Gasteiger partial charge on any atom is -0.478 e. The Bertz CT molecular complexity index is 729. The smallest absolute Gasteiger partial charge is 0.265 e. The molecule has 0 aliphatic carbocycles. The van der Waals surface area contributed by atoms with Crippen LogP contribution in [0.15, 0.2) is 23.1 Å². The van der Waals surface area contributed by atoms with Crippen molar-refractivity contribution in [3.05, 3.63) is 18.2 Å². The van der Waals surface area contributed by atoms with Gasteiger partial charge in [-0.05, 0) is 43.9 Å². The normalized spacial score (nSPS) is 23.0. The van der Waals surface area contributed by atoms with E-state index in [1.165, 1.54) is 12.1 Å². The summed E-state index contributed by atoms with van der Waals surface area (Å²) in [5, 5.41) is 2.75. The van der Waals surface area contributed by atoms with Gasteiger partial charge in [-0.2, -0.15) is 0 Å². The fourth-order valence-electron chi connectivity index (χ4n) is 2.97. The average Bonchev–Trinajstić information content (AvgIpc) is 3.11. The molecule has 2 atom stereocenters. The molecule has 7 nitrogen and oxygen atoms in total. The third-order valence-corrected chi connectivity index (χ3v) is 5.85. The van der Waals surface area contributed by atoms with Gasteiger partial charge in [0, 0.05) is 13.2 Å². The number of carbonyl (C=O) groups excluding carboxylic acids is 1. The van der Waals surface area contributed by atoms with Crippen molar-refractivity contribution in [3.63, 3.8) is 0 Å². The summed E-state index contributed by atoms with van der Waals surface area (Å²) in [4.78, 5) is 12.2. The van der Waals surface area contributed by atoms with Crippen LogP contribution in [0, 0.1) is 0 Å². The number of benzene rings is 1. The number of amides is 1. The predicted molar refractivity (Wildman–Crippen MR) is 93.2 cm³/mol. The Labute approximate surface area is 148 Å². The number of fused-ring (bicyclic) bond motifs is 1. The Kier molecular flexibility index (Phi) is 5.61. The maximum Gasteiger partial charge on any atom is 0.265 e. The van der Waals surface area contributed by atoms with Gasteiger partial charge in [0.1, 0.15) is 5.75 Å². The number of hydrogen-bond acceptors (Lipinski definition) is 5. The van der Waals surface area contributed by atoms with Crippen molar-refractivity contribution in [2.75, 3.05) is 18.5 Å². The van der Waals surface area contributed by atoms with Crippen molar-refractivity contribution < 1.29 is 22.7 Å². The highest BCUT2D eigenvalue weighted by Crippen LogP contribution is 2.33. The second-order valence-corrected chi connectivity index (χ2v) is 8.15. The van der Waals surface area contributed by atoms with E-state index in [0.29, 0.717) is 24.5 Å². The molecule has 0 bridgehead atoms. The zero-order valence-electron chi connectivity index (χ0n) is 14.3. The number of unbranched alkanes of at least 4 members (excludes halogenated alkanes) is 1. The van der Waals surface area contributed by atoms with Crippen molar-refractivity contribution in [2.24, 2.45) is 0 Å². The molecule has 0 saturated carbocycles. The minimum atomic E-state index is -3.66. The van der Waals surface area contributed by atoms with Gasteiger partial charge < -0.3 is 14.8 Å². The summed E-state index contributed by atoms with van der Waals surface area (Å²) < 4.78 is 38.6. The van der Waals surface area contributed by atoms with Crippen LogP contribution in [0.2, 0.25) is 0 Å². The van der Waals surface area contributed by atoms with E-state index >= 15 is 0 Å². The van der Waals surface area contributed by atoms with E-state index in [4.69, 9.17) is 9.47 Å². The number of anilines is 1. The summed E-state index contributed by atoms with van der Waals surface area (Å²) in [5.74, 6) is 0.265. The van der Waals surface area contributed by atoms with E-state index in [-0.39, 0.29) is 23.5 Å². The number of carbonyl (C=O) groups is 1. The Balaban J connectivity index is 1.70. The Morgan fingerprint density at radius 2 is 2.20 bits per heavy atom. The van der Waals surface area contributed by atoms with E-state index in [0.717, 1.165) is 25.7 Å². The van der Waals surface area contributed by atoms with Gasteiger partial charge in [0.2, 0.25) is 10.0 Å². The van der Waals surface area contributed by atoms with Gasteiger partial charge in [-0.15, -0.1) is 0 Å². The first-order chi connectivity index (χ1) is 12.0. The van der Waals surface area contributed by atoms with E-state index in [2.05, 4.69) is 17.0 Å². The van der Waals surface area contributed by atoms with E-state index in [1.807, 2.05) is 0 Å². The van der Waals surface area contributed by atoms with E-state index in [9.17, 15) is 13.2 Å². The van der Waals surface area contributed by atoms with Gasteiger partial charge in [-0.25, -0.2) is 13.1 Å². The summed E-state index contributed by atoms with van der Waals surface area (Å²) >= 11 is 0. The SMILES string of the molecule is CCCC[C@H]1Oc2ccc(S(=O)(=O)NC[C@@H]3CCCO3)cc2NC1=O. The highest BCUT2D eigenvalue weighted by atomic mass is 32.2. The van der Waals surface area contributed by atoms with Crippen LogP contribution in [0.3, 0.4) is 0 Å². The van der Waals surface area contributed by atoms with Crippen molar-refractivity contribution in [2.45, 2.75) is 56.1 Å². The monoisotopic (exact) mass is 368 g/mol. The Morgan fingerprint density at radius 1 is 1.36 bits per heavy atom. The third kappa shape index (κ3) is 4.31. The molecule has 0 unspecified atom stereocenters. The first-order valence-corrected chi connectivity index (χ1v) is 10.2. The quantitative estimate of drug-likeness (QED) is 0.768. The lowest BCUT2D eigenvalue weighted by Gasteiger charge is -2.26. The second-order valence-electron chi connectivity index (χ2n) is 6.38. The zero-order valence-corrected chi connectivity index (χ0v) is 15.1. The molecule has 1 aromatic carbocycles. The summed E-state index contributed by atoms with van der Waals surface area (Å²) in [6, 6.07) is 4.51. The lowest BCUT2D eigenvalue weighted by molar-refractivity contribution is -0.123. The fourth-order valence-corrected chi connectivity index (χ4v) is 4.06. The molecule has 3 rings (SSSR count). The Hall–Kier alpha value is -1.64. The van der Waals surface area contributed by atoms with Crippen LogP contribution in [0.4, 0.5) is 5.69 Å². The lowest BCUT2D eigenvalue weighted by atomic mass is 10.1. The molecule has 1 amide bonds. The maximum absolute atomic E-state index is 12.4. The van der Waals surface area contributed by atoms with Gasteiger partial charge in [0.25, 0.3) is 5.91 Å². The van der Waals surface area contributed by atoms with Gasteiger partial charge in [0.15, 0.2) is 6.10 Å². The van der Waals surface area contributed by atoms with Gasteiger partial charge in [-0.3, -0.25) is 4.79 Å². The first kappa shape index (κ1) is 18.2. The molecule has 1 fully saturated rings. The van der Waals surface area contributed by atoms with Gasteiger partial charge in [-0.1, -0.05) is 13.3 Å². The Morgan fingerprint density at radius 3 is 2.92 bits per heavy atom. The molecule has 0 radical (unpaired) electrons. The molecular weight excluding hydrogens is 344 g/mol. The lowest BCUT2D eigenvalue weighted by Crippen LogP contribution is -2.37. The number of rotatable bonds is 7. The van der Waals surface area contributed by atoms with Crippen LogP contribution < -0.4 is 14.8 Å². The van der Waals surface area contributed by atoms with Gasteiger partial charge >= 0.3 is 0 Å². The van der Waals surface area contributed by atoms with Crippen LogP contribution >= 0.6 is 0 Å². The predicted octanol–water partition coefficient (Wildman–Crippen LogP) is 2.03. The standard InChI is InChI=1S/C17H24N2O5S/c1-2-3-6-16-17(20)19-14-10-13(7-8-15(14)24-16)25(21,22)18-11-12-5-4-9-23-12/h7-8,10,12,16,18H,2-6,9,11H2,1H3,(H,19,20)/t12-,16+/m0/s1. The van der Waals surface area contributed by atoms with Crippen LogP contribution in [0.5, 0.6) is 5.75 Å². The van der Waals surface area contributed by atoms with Gasteiger partial charge in [0.05, 0.1) is 16.7 Å². The van der Waals surface area contributed by atoms with Crippen LogP contribution in [0.25, 0.3) is 0 Å². The molecule has 25 heavy (non-hydrogen) atoms. The molecule has 1 saturated heterocycles. The molecule has 2 aliphatic rings. The van der Waals surface area contributed by atoms with Crippen LogP contribution in [-0.2, 0) is 19.6 Å². The van der Waals surface area contributed by atoms with Crippen molar-refractivity contribution in [1.29, 1.82) is 0 Å². The summed E-state index contributed by atoms with van der Waals surface area (Å²) in [7, 11) is -3.66. The highest BCUT2D eigenvalue weighted by molar-refractivity contribution is 7.89.